The van der Waals surface area contributed by atoms with E-state index in [-0.39, 0.29) is 11.9 Å². The van der Waals surface area contributed by atoms with E-state index in [4.69, 9.17) is 4.74 Å². The predicted octanol–water partition coefficient (Wildman–Crippen LogP) is 0.914. The summed E-state index contributed by atoms with van der Waals surface area (Å²) in [5, 5.41) is 12.0. The number of ether oxygens (including phenoxy) is 1. The standard InChI is InChI=1S/C16H19N3O5/c1-24-13-5-4-10(9-12(13)19-8-6-17-16(19)23)14(20)18-7-2-3-11(18)15(21)22/h4-5,9,11H,2-3,6-8H2,1H3,(H,17,23)(H,21,22)/t11-/m0/s1. The van der Waals surface area contributed by atoms with Gasteiger partial charge in [-0.1, -0.05) is 0 Å². The van der Waals surface area contributed by atoms with E-state index in [1.54, 1.807) is 18.2 Å². The van der Waals surface area contributed by atoms with Crippen molar-refractivity contribution < 1.29 is 24.2 Å². The van der Waals surface area contributed by atoms with Gasteiger partial charge in [-0.25, -0.2) is 9.59 Å². The summed E-state index contributed by atoms with van der Waals surface area (Å²) >= 11 is 0. The van der Waals surface area contributed by atoms with Crippen LogP contribution in [0.4, 0.5) is 10.5 Å². The zero-order chi connectivity index (χ0) is 17.3. The van der Waals surface area contributed by atoms with Gasteiger partial charge >= 0.3 is 12.0 Å². The number of nitrogens with one attached hydrogen (secondary N) is 1. The van der Waals surface area contributed by atoms with E-state index in [0.717, 1.165) is 0 Å². The smallest absolute Gasteiger partial charge is 0.326 e. The van der Waals surface area contributed by atoms with Crippen LogP contribution in [0.5, 0.6) is 5.75 Å². The van der Waals surface area contributed by atoms with Gasteiger partial charge in [-0.2, -0.15) is 0 Å². The first-order valence-electron chi connectivity index (χ1n) is 7.80. The van der Waals surface area contributed by atoms with Crippen LogP contribution < -0.4 is 15.0 Å². The van der Waals surface area contributed by atoms with Crippen LogP contribution in [0.1, 0.15) is 23.2 Å². The number of hydrogen-bond acceptors (Lipinski definition) is 4. The van der Waals surface area contributed by atoms with Crippen molar-refractivity contribution >= 4 is 23.6 Å². The maximum absolute atomic E-state index is 12.7. The van der Waals surface area contributed by atoms with Crippen molar-refractivity contribution in [3.05, 3.63) is 23.8 Å². The summed E-state index contributed by atoms with van der Waals surface area (Å²) in [6, 6.07) is 3.76. The van der Waals surface area contributed by atoms with E-state index in [0.29, 0.717) is 49.5 Å². The van der Waals surface area contributed by atoms with Crippen LogP contribution in [-0.2, 0) is 4.79 Å². The van der Waals surface area contributed by atoms with Gasteiger partial charge in [0.1, 0.15) is 11.8 Å². The molecule has 8 nitrogen and oxygen atoms in total. The van der Waals surface area contributed by atoms with Crippen LogP contribution in [0.2, 0.25) is 0 Å². The average molecular weight is 333 g/mol. The lowest BCUT2D eigenvalue weighted by molar-refractivity contribution is -0.141. The van der Waals surface area contributed by atoms with E-state index < -0.39 is 12.0 Å². The Morgan fingerprint density at radius 3 is 2.75 bits per heavy atom. The summed E-state index contributed by atoms with van der Waals surface area (Å²) in [5.74, 6) is -0.850. The zero-order valence-corrected chi connectivity index (χ0v) is 13.3. The lowest BCUT2D eigenvalue weighted by atomic mass is 10.1. The van der Waals surface area contributed by atoms with Gasteiger partial charge in [-0.3, -0.25) is 9.69 Å². The number of hydrogen-bond donors (Lipinski definition) is 2. The zero-order valence-electron chi connectivity index (χ0n) is 13.3. The predicted molar refractivity (Wildman–Crippen MR) is 85.4 cm³/mol. The number of urea groups is 1. The fourth-order valence-corrected chi connectivity index (χ4v) is 3.17. The minimum Gasteiger partial charge on any atom is -0.495 e. The molecular formula is C16H19N3O5. The maximum atomic E-state index is 12.7. The Bertz CT molecular complexity index is 690. The van der Waals surface area contributed by atoms with Gasteiger partial charge in [0.15, 0.2) is 0 Å². The molecule has 24 heavy (non-hydrogen) atoms. The molecule has 0 radical (unpaired) electrons. The first-order chi connectivity index (χ1) is 11.5. The normalized spacial score (nSPS) is 20.2. The molecule has 0 saturated carbocycles. The minimum absolute atomic E-state index is 0.248. The van der Waals surface area contributed by atoms with Gasteiger partial charge in [0.2, 0.25) is 0 Å². The molecule has 2 saturated heterocycles. The van der Waals surface area contributed by atoms with Gasteiger partial charge in [-0.05, 0) is 31.0 Å². The molecule has 1 aromatic rings. The summed E-state index contributed by atoms with van der Waals surface area (Å²) in [5.41, 5.74) is 0.850. The van der Waals surface area contributed by atoms with Crippen LogP contribution in [0.15, 0.2) is 18.2 Å². The van der Waals surface area contributed by atoms with Gasteiger partial charge in [-0.15, -0.1) is 0 Å². The van der Waals surface area contributed by atoms with Crippen molar-refractivity contribution in [2.45, 2.75) is 18.9 Å². The fourth-order valence-electron chi connectivity index (χ4n) is 3.17. The minimum atomic E-state index is -0.992. The van der Waals surface area contributed by atoms with Crippen LogP contribution >= 0.6 is 0 Å². The molecule has 2 N–H and O–H groups in total. The van der Waals surface area contributed by atoms with E-state index >= 15 is 0 Å². The molecule has 0 aromatic heterocycles. The Morgan fingerprint density at radius 2 is 2.12 bits per heavy atom. The van der Waals surface area contributed by atoms with Gasteiger partial charge in [0.05, 0.1) is 12.8 Å². The number of carboxylic acids is 1. The van der Waals surface area contributed by atoms with Crippen molar-refractivity contribution in [2.24, 2.45) is 0 Å². The molecule has 0 unspecified atom stereocenters. The topological polar surface area (TPSA) is 99.2 Å². The van der Waals surface area contributed by atoms with Crippen LogP contribution in [0, 0.1) is 0 Å². The van der Waals surface area contributed by atoms with Gasteiger partial charge in [0, 0.05) is 25.2 Å². The highest BCUT2D eigenvalue weighted by Gasteiger charge is 2.35. The number of likely N-dealkylation sites (tertiary alicyclic amines) is 1. The van der Waals surface area contributed by atoms with Crippen molar-refractivity contribution in [2.75, 3.05) is 31.6 Å². The Morgan fingerprint density at radius 1 is 1.33 bits per heavy atom. The molecule has 0 bridgehead atoms. The number of amides is 3. The number of carboxylic acid groups (broad SMARTS) is 1. The molecule has 2 fully saturated rings. The molecule has 8 heteroatoms. The number of carbonyl (C=O) groups is 3. The summed E-state index contributed by atoms with van der Waals surface area (Å²) in [6.45, 7) is 1.42. The molecule has 2 aliphatic heterocycles. The van der Waals surface area contributed by atoms with Crippen LogP contribution in [-0.4, -0.2) is 60.7 Å². The second-order valence-electron chi connectivity index (χ2n) is 5.77. The van der Waals surface area contributed by atoms with Gasteiger partial charge in [0.25, 0.3) is 5.91 Å². The monoisotopic (exact) mass is 333 g/mol. The van der Waals surface area contributed by atoms with Crippen molar-refractivity contribution in [3.63, 3.8) is 0 Å². The van der Waals surface area contributed by atoms with Gasteiger partial charge < -0.3 is 20.1 Å². The quantitative estimate of drug-likeness (QED) is 0.853. The molecule has 3 rings (SSSR count). The third-order valence-corrected chi connectivity index (χ3v) is 4.37. The first kappa shape index (κ1) is 16.1. The number of nitrogens with zero attached hydrogens (tertiary/aromatic N) is 2. The highest BCUT2D eigenvalue weighted by atomic mass is 16.5. The number of benzene rings is 1. The van der Waals surface area contributed by atoms with Crippen molar-refractivity contribution in [3.8, 4) is 5.75 Å². The Hall–Kier alpha value is -2.77. The Kier molecular flexibility index (Phi) is 4.28. The van der Waals surface area contributed by atoms with E-state index in [1.165, 1.54) is 16.9 Å². The number of methoxy groups -OCH3 is 1. The molecule has 1 aromatic carbocycles. The fraction of sp³-hybridized carbons (Fsp3) is 0.438. The van der Waals surface area contributed by atoms with E-state index in [9.17, 15) is 19.5 Å². The molecule has 0 spiro atoms. The third-order valence-electron chi connectivity index (χ3n) is 4.37. The highest BCUT2D eigenvalue weighted by Crippen LogP contribution is 2.31. The molecule has 3 amide bonds. The van der Waals surface area contributed by atoms with Crippen LogP contribution in [0.25, 0.3) is 0 Å². The lowest BCUT2D eigenvalue weighted by Gasteiger charge is -2.23. The van der Waals surface area contributed by atoms with Crippen molar-refractivity contribution in [1.29, 1.82) is 0 Å². The number of rotatable bonds is 4. The second kappa shape index (κ2) is 6.38. The number of carbonyl (C=O) groups excluding carboxylic acids is 2. The molecule has 0 aliphatic carbocycles. The summed E-state index contributed by atoms with van der Waals surface area (Å²) in [7, 11) is 1.50. The summed E-state index contributed by atoms with van der Waals surface area (Å²) < 4.78 is 5.28. The summed E-state index contributed by atoms with van der Waals surface area (Å²) in [6.07, 6.45) is 1.12. The number of aliphatic carboxylic acids is 1. The maximum Gasteiger partial charge on any atom is 0.326 e. The average Bonchev–Trinajstić information content (AvgIpc) is 3.22. The van der Waals surface area contributed by atoms with E-state index in [1.807, 2.05) is 0 Å². The molecular weight excluding hydrogens is 314 g/mol. The lowest BCUT2D eigenvalue weighted by Crippen LogP contribution is -2.40. The Labute approximate surface area is 139 Å². The SMILES string of the molecule is COc1ccc(C(=O)N2CCC[C@H]2C(=O)O)cc1N1CCNC1=O. The molecule has 2 heterocycles. The van der Waals surface area contributed by atoms with E-state index in [2.05, 4.69) is 5.32 Å². The van der Waals surface area contributed by atoms with Crippen LogP contribution in [0.3, 0.4) is 0 Å². The number of anilines is 1. The third kappa shape index (κ3) is 2.75. The second-order valence-corrected chi connectivity index (χ2v) is 5.77. The molecule has 1 atom stereocenters. The van der Waals surface area contributed by atoms with Crippen molar-refractivity contribution in [1.82, 2.24) is 10.2 Å². The largest absolute Gasteiger partial charge is 0.495 e. The summed E-state index contributed by atoms with van der Waals surface area (Å²) in [4.78, 5) is 38.8. The molecule has 128 valence electrons. The first-order valence-corrected chi connectivity index (χ1v) is 7.80. The Balaban J connectivity index is 1.92. The molecule has 2 aliphatic rings. The highest BCUT2D eigenvalue weighted by molar-refractivity contribution is 6.01.